The van der Waals surface area contributed by atoms with Gasteiger partial charge >= 0.3 is 21.3 Å². The molecule has 0 saturated heterocycles. The summed E-state index contributed by atoms with van der Waals surface area (Å²) in [4.78, 5) is 17.3. The zero-order valence-corrected chi connectivity index (χ0v) is 14.4. The Bertz CT molecular complexity index is 797. The number of amides is 1. The first-order valence-electron chi connectivity index (χ1n) is 7.20. The number of carbonyl (C=O) groups excluding carboxylic acids is 1. The largest absolute Gasteiger partial charge is 0.497 e. The van der Waals surface area contributed by atoms with Crippen LogP contribution in [0.5, 0.6) is 11.5 Å². The first kappa shape index (κ1) is 17.7. The molecule has 0 fully saturated rings. The number of rotatable bonds is 6. The molecule has 2 aromatic rings. The van der Waals surface area contributed by atoms with Crippen LogP contribution >= 0.6 is 0 Å². The third kappa shape index (κ3) is 3.82. The minimum absolute atomic E-state index is 0.0854. The Morgan fingerprint density at radius 2 is 1.75 bits per heavy atom. The van der Waals surface area contributed by atoms with Gasteiger partial charge in [0, 0.05) is 13.1 Å². The van der Waals surface area contributed by atoms with E-state index in [0.717, 1.165) is 11.0 Å². The average Bonchev–Trinajstić information content (AvgIpc) is 3.07. The summed E-state index contributed by atoms with van der Waals surface area (Å²) in [6.07, 6.45) is 1.05. The van der Waals surface area contributed by atoms with Gasteiger partial charge in [0.05, 0.1) is 7.11 Å². The van der Waals surface area contributed by atoms with Crippen molar-refractivity contribution in [1.29, 1.82) is 0 Å². The molecule has 0 saturated carbocycles. The topological polar surface area (TPSA) is 104 Å². The van der Waals surface area contributed by atoms with Crippen molar-refractivity contribution >= 4 is 16.1 Å². The van der Waals surface area contributed by atoms with E-state index in [-0.39, 0.29) is 5.75 Å². The fraction of sp³-hybridized carbons (Fsp3) is 0.357. The third-order valence-electron chi connectivity index (χ3n) is 3.19. The average molecular weight is 354 g/mol. The minimum Gasteiger partial charge on any atom is -0.497 e. The van der Waals surface area contributed by atoms with E-state index in [9.17, 15) is 13.2 Å². The Labute approximate surface area is 139 Å². The lowest BCUT2D eigenvalue weighted by Crippen LogP contribution is -2.34. The molecule has 10 heteroatoms. The number of benzene rings is 1. The molecule has 1 amide bonds. The first-order valence-corrected chi connectivity index (χ1v) is 8.61. The number of hydrogen-bond donors (Lipinski definition) is 0. The molecule has 1 aromatic heterocycles. The van der Waals surface area contributed by atoms with E-state index in [4.69, 9.17) is 8.92 Å². The van der Waals surface area contributed by atoms with Crippen molar-refractivity contribution in [2.24, 2.45) is 0 Å². The quantitative estimate of drug-likeness (QED) is 0.722. The van der Waals surface area contributed by atoms with Crippen LogP contribution in [0.25, 0.3) is 0 Å². The summed E-state index contributed by atoms with van der Waals surface area (Å²) in [6, 6.07) is 5.53. The van der Waals surface area contributed by atoms with E-state index in [2.05, 4.69) is 10.1 Å². The molecule has 0 aliphatic carbocycles. The maximum atomic E-state index is 12.2. The zero-order valence-electron chi connectivity index (χ0n) is 13.5. The van der Waals surface area contributed by atoms with Crippen molar-refractivity contribution < 1.29 is 22.1 Å². The first-order chi connectivity index (χ1) is 11.4. The monoisotopic (exact) mass is 354 g/mol. The summed E-state index contributed by atoms with van der Waals surface area (Å²) < 4.78 is 35.2. The Morgan fingerprint density at radius 3 is 2.29 bits per heavy atom. The van der Waals surface area contributed by atoms with Crippen LogP contribution in [0.4, 0.5) is 4.79 Å². The summed E-state index contributed by atoms with van der Waals surface area (Å²) >= 11 is 0. The molecule has 9 nitrogen and oxygen atoms in total. The van der Waals surface area contributed by atoms with Crippen LogP contribution in [0.2, 0.25) is 0 Å². The van der Waals surface area contributed by atoms with Crippen molar-refractivity contribution in [3.63, 3.8) is 0 Å². The van der Waals surface area contributed by atoms with Gasteiger partial charge in [-0.15, -0.1) is 5.10 Å². The summed E-state index contributed by atoms with van der Waals surface area (Å²) in [5.74, 6) is 0.647. The van der Waals surface area contributed by atoms with Gasteiger partial charge < -0.3 is 13.8 Å². The molecule has 24 heavy (non-hydrogen) atoms. The van der Waals surface area contributed by atoms with Crippen LogP contribution in [0.1, 0.15) is 13.8 Å². The second-order valence-electron chi connectivity index (χ2n) is 4.64. The second kappa shape index (κ2) is 7.30. The molecule has 130 valence electrons. The van der Waals surface area contributed by atoms with E-state index in [1.165, 1.54) is 24.1 Å². The number of nitrogens with zero attached hydrogens (tertiary/aromatic N) is 4. The summed E-state index contributed by atoms with van der Waals surface area (Å²) in [6.45, 7) is 4.56. The lowest BCUT2D eigenvalue weighted by molar-refractivity contribution is 0.201. The van der Waals surface area contributed by atoms with Crippen molar-refractivity contribution in [2.45, 2.75) is 19.0 Å². The van der Waals surface area contributed by atoms with Crippen molar-refractivity contribution in [3.8, 4) is 11.5 Å². The number of ether oxygens (including phenoxy) is 1. The highest BCUT2D eigenvalue weighted by atomic mass is 32.2. The molecule has 0 aliphatic rings. The molecule has 0 aliphatic heterocycles. The predicted octanol–water partition coefficient (Wildman–Crippen LogP) is 1.36. The van der Waals surface area contributed by atoms with E-state index < -0.39 is 21.3 Å². The van der Waals surface area contributed by atoms with Gasteiger partial charge in [0.2, 0.25) is 0 Å². The number of aromatic nitrogens is 3. The van der Waals surface area contributed by atoms with E-state index >= 15 is 0 Å². The highest BCUT2D eigenvalue weighted by Gasteiger charge is 2.24. The van der Waals surface area contributed by atoms with Crippen LogP contribution in [0, 0.1) is 0 Å². The maximum absolute atomic E-state index is 12.2. The van der Waals surface area contributed by atoms with E-state index in [0.29, 0.717) is 18.8 Å². The molecule has 2 rings (SSSR count). The molecule has 1 heterocycles. The molecule has 0 atom stereocenters. The van der Waals surface area contributed by atoms with Crippen LogP contribution in [-0.2, 0) is 10.1 Å². The molecule has 0 spiro atoms. The third-order valence-corrected chi connectivity index (χ3v) is 4.24. The van der Waals surface area contributed by atoms with Gasteiger partial charge in [-0.2, -0.15) is 13.1 Å². The minimum atomic E-state index is -4.24. The molecule has 0 N–H and O–H groups in total. The summed E-state index contributed by atoms with van der Waals surface area (Å²) in [5.41, 5.74) is 0. The number of hydrogen-bond acceptors (Lipinski definition) is 7. The molecule has 0 radical (unpaired) electrons. The Hall–Kier alpha value is -2.62. The predicted molar refractivity (Wildman–Crippen MR) is 84.5 cm³/mol. The van der Waals surface area contributed by atoms with Crippen LogP contribution < -0.4 is 8.92 Å². The van der Waals surface area contributed by atoms with Crippen LogP contribution in [0.15, 0.2) is 35.7 Å². The lowest BCUT2D eigenvalue weighted by atomic mass is 10.3. The Balaban J connectivity index is 2.19. The SMILES string of the molecule is CCN(CC)C(=O)n1cnc(S(=O)(=O)Oc2ccc(OC)cc2)n1. The van der Waals surface area contributed by atoms with Gasteiger partial charge in [0.1, 0.15) is 17.8 Å². The lowest BCUT2D eigenvalue weighted by Gasteiger charge is -2.17. The van der Waals surface area contributed by atoms with Gasteiger partial charge in [0.25, 0.3) is 0 Å². The van der Waals surface area contributed by atoms with Gasteiger partial charge in [-0.3, -0.25) is 0 Å². The second-order valence-corrected chi connectivity index (χ2v) is 6.08. The van der Waals surface area contributed by atoms with Gasteiger partial charge in [-0.1, -0.05) is 0 Å². The summed E-state index contributed by atoms with van der Waals surface area (Å²) in [7, 11) is -2.74. The number of carbonyl (C=O) groups is 1. The Kier molecular flexibility index (Phi) is 5.39. The standard InChI is InChI=1S/C14H18N4O5S/c1-4-17(5-2)14(19)18-10-15-13(16-18)24(20,21)23-12-8-6-11(22-3)7-9-12/h6-10H,4-5H2,1-3H3. The van der Waals surface area contributed by atoms with Crippen LogP contribution in [0.3, 0.4) is 0 Å². The van der Waals surface area contributed by atoms with Crippen molar-refractivity contribution in [3.05, 3.63) is 30.6 Å². The highest BCUT2D eigenvalue weighted by Crippen LogP contribution is 2.20. The molecule has 0 bridgehead atoms. The number of methoxy groups -OCH3 is 1. The summed E-state index contributed by atoms with van der Waals surface area (Å²) in [5, 5.41) is 3.12. The highest BCUT2D eigenvalue weighted by molar-refractivity contribution is 7.86. The fourth-order valence-electron chi connectivity index (χ4n) is 1.89. The smallest absolute Gasteiger partial charge is 0.377 e. The van der Waals surface area contributed by atoms with Crippen LogP contribution in [-0.4, -0.2) is 54.3 Å². The normalized spacial score (nSPS) is 11.1. The van der Waals surface area contributed by atoms with E-state index in [1.807, 2.05) is 13.8 Å². The van der Waals surface area contributed by atoms with Gasteiger partial charge in [-0.25, -0.2) is 9.78 Å². The molecule has 0 unspecified atom stereocenters. The Morgan fingerprint density at radius 1 is 1.17 bits per heavy atom. The zero-order chi connectivity index (χ0) is 17.7. The van der Waals surface area contributed by atoms with E-state index in [1.54, 1.807) is 12.1 Å². The maximum Gasteiger partial charge on any atom is 0.377 e. The molecular weight excluding hydrogens is 336 g/mol. The van der Waals surface area contributed by atoms with Crippen molar-refractivity contribution in [2.75, 3.05) is 20.2 Å². The fourth-order valence-corrected chi connectivity index (χ4v) is 2.69. The molecular formula is C14H18N4O5S. The van der Waals surface area contributed by atoms with Gasteiger partial charge in [-0.05, 0) is 38.1 Å². The van der Waals surface area contributed by atoms with Gasteiger partial charge in [0.15, 0.2) is 0 Å². The van der Waals surface area contributed by atoms with Crippen molar-refractivity contribution in [1.82, 2.24) is 19.7 Å². The molecule has 1 aromatic carbocycles.